The van der Waals surface area contributed by atoms with Crippen LogP contribution >= 0.6 is 11.3 Å². The van der Waals surface area contributed by atoms with Crippen molar-refractivity contribution in [2.45, 2.75) is 45.8 Å². The van der Waals surface area contributed by atoms with E-state index in [1.165, 1.54) is 22.6 Å². The monoisotopic (exact) mass is 240 g/mol. The Bertz CT molecular complexity index is 292. The van der Waals surface area contributed by atoms with E-state index in [-0.39, 0.29) is 0 Å². The van der Waals surface area contributed by atoms with E-state index in [0.717, 1.165) is 19.1 Å². The van der Waals surface area contributed by atoms with E-state index in [0.29, 0.717) is 0 Å². The van der Waals surface area contributed by atoms with E-state index in [1.807, 2.05) is 18.4 Å². The Morgan fingerprint density at radius 2 is 1.88 bits per heavy atom. The first-order valence-corrected chi connectivity index (χ1v) is 6.95. The number of nitrogens with one attached hydrogen (secondary N) is 1. The molecule has 0 aliphatic heterocycles. The number of hydrogen-bond acceptors (Lipinski definition) is 3. The Balaban J connectivity index is 2.51. The van der Waals surface area contributed by atoms with E-state index in [4.69, 9.17) is 0 Å². The van der Waals surface area contributed by atoms with Crippen LogP contribution in [0.5, 0.6) is 0 Å². The van der Waals surface area contributed by atoms with Gasteiger partial charge >= 0.3 is 0 Å². The quantitative estimate of drug-likeness (QED) is 0.788. The Hall–Kier alpha value is -0.380. The predicted octanol–water partition coefficient (Wildman–Crippen LogP) is 3.09. The smallest absolute Gasteiger partial charge is 0.0327 e. The zero-order valence-electron chi connectivity index (χ0n) is 10.9. The number of rotatable bonds is 7. The minimum Gasteiger partial charge on any atom is -0.315 e. The molecule has 1 aromatic rings. The van der Waals surface area contributed by atoms with Crippen molar-refractivity contribution in [3.63, 3.8) is 0 Å². The summed E-state index contributed by atoms with van der Waals surface area (Å²) in [6.45, 7) is 6.61. The first-order chi connectivity index (χ1) is 7.71. The topological polar surface area (TPSA) is 15.3 Å². The lowest BCUT2D eigenvalue weighted by atomic mass is 10.1. The molecular formula is C13H24N2S. The molecule has 1 rings (SSSR count). The van der Waals surface area contributed by atoms with E-state index in [9.17, 15) is 0 Å². The van der Waals surface area contributed by atoms with Gasteiger partial charge in [0.1, 0.15) is 0 Å². The highest BCUT2D eigenvalue weighted by molar-refractivity contribution is 7.11. The minimum absolute atomic E-state index is 0.717. The van der Waals surface area contributed by atoms with Gasteiger partial charge in [-0.2, -0.15) is 0 Å². The van der Waals surface area contributed by atoms with Crippen LogP contribution in [0.15, 0.2) is 12.1 Å². The van der Waals surface area contributed by atoms with Crippen LogP contribution in [0.2, 0.25) is 0 Å². The van der Waals surface area contributed by atoms with Crippen molar-refractivity contribution in [2.24, 2.45) is 0 Å². The normalized spacial score (nSPS) is 11.6. The molecule has 0 aliphatic rings. The van der Waals surface area contributed by atoms with Crippen molar-refractivity contribution in [2.75, 3.05) is 14.1 Å². The fraction of sp³-hybridized carbons (Fsp3) is 0.692. The summed E-state index contributed by atoms with van der Waals surface area (Å²) in [5, 5.41) is 3.19. The lowest BCUT2D eigenvalue weighted by Crippen LogP contribution is -2.29. The molecule has 0 aliphatic carbocycles. The van der Waals surface area contributed by atoms with Crippen molar-refractivity contribution in [3.8, 4) is 0 Å². The first-order valence-electron chi connectivity index (χ1n) is 6.13. The molecule has 2 nitrogen and oxygen atoms in total. The molecule has 3 heteroatoms. The van der Waals surface area contributed by atoms with Crippen molar-refractivity contribution < 1.29 is 0 Å². The van der Waals surface area contributed by atoms with Gasteiger partial charge in [-0.3, -0.25) is 4.90 Å². The molecule has 92 valence electrons. The predicted molar refractivity (Wildman–Crippen MR) is 72.9 cm³/mol. The Morgan fingerprint density at radius 3 is 2.44 bits per heavy atom. The molecule has 0 bridgehead atoms. The number of hydrogen-bond donors (Lipinski definition) is 1. The molecule has 16 heavy (non-hydrogen) atoms. The minimum atomic E-state index is 0.717. The van der Waals surface area contributed by atoms with E-state index in [2.05, 4.69) is 43.2 Å². The zero-order valence-corrected chi connectivity index (χ0v) is 11.7. The lowest BCUT2D eigenvalue weighted by Gasteiger charge is -2.25. The largest absolute Gasteiger partial charge is 0.315 e. The van der Waals surface area contributed by atoms with Crippen molar-refractivity contribution in [1.82, 2.24) is 10.2 Å². The van der Waals surface area contributed by atoms with E-state index >= 15 is 0 Å². The van der Waals surface area contributed by atoms with Gasteiger partial charge in [-0.15, -0.1) is 11.3 Å². The summed E-state index contributed by atoms with van der Waals surface area (Å²) in [4.78, 5) is 5.37. The van der Waals surface area contributed by atoms with Gasteiger partial charge in [0.15, 0.2) is 0 Å². The number of thiophene rings is 1. The maximum absolute atomic E-state index is 3.19. The Labute approximate surface area is 104 Å². The zero-order chi connectivity index (χ0) is 12.0. The van der Waals surface area contributed by atoms with Gasteiger partial charge in [-0.05, 0) is 39.1 Å². The molecule has 0 aromatic carbocycles. The highest BCUT2D eigenvalue weighted by Gasteiger charge is 2.11. The van der Waals surface area contributed by atoms with Crippen LogP contribution in [0.4, 0.5) is 0 Å². The summed E-state index contributed by atoms with van der Waals surface area (Å²) < 4.78 is 0. The van der Waals surface area contributed by atoms with Crippen molar-refractivity contribution >= 4 is 11.3 Å². The van der Waals surface area contributed by atoms with Crippen LogP contribution in [0.1, 0.15) is 36.4 Å². The van der Waals surface area contributed by atoms with Gasteiger partial charge in [0, 0.05) is 28.9 Å². The highest BCUT2D eigenvalue weighted by Crippen LogP contribution is 2.19. The fourth-order valence-electron chi connectivity index (χ4n) is 2.06. The molecule has 0 spiro atoms. The van der Waals surface area contributed by atoms with Gasteiger partial charge in [-0.1, -0.05) is 13.8 Å². The number of nitrogens with zero attached hydrogens (tertiary/aromatic N) is 1. The maximum Gasteiger partial charge on any atom is 0.0327 e. The summed E-state index contributed by atoms with van der Waals surface area (Å²) in [6, 6.07) is 5.21. The molecule has 0 saturated carbocycles. The second-order valence-corrected chi connectivity index (χ2v) is 5.54. The average molecular weight is 240 g/mol. The molecule has 0 unspecified atom stereocenters. The molecule has 0 fully saturated rings. The molecule has 1 N–H and O–H groups in total. The third-order valence-corrected chi connectivity index (χ3v) is 4.11. The van der Waals surface area contributed by atoms with E-state index in [1.54, 1.807) is 0 Å². The van der Waals surface area contributed by atoms with Gasteiger partial charge in [0.05, 0.1) is 0 Å². The van der Waals surface area contributed by atoms with Crippen LogP contribution in [0.3, 0.4) is 0 Å². The highest BCUT2D eigenvalue weighted by atomic mass is 32.1. The summed E-state index contributed by atoms with van der Waals surface area (Å²) >= 11 is 1.92. The average Bonchev–Trinajstić information content (AvgIpc) is 2.68. The standard InChI is InChI=1S/C13H24N2S/c1-5-11(6-2)15(4)10-13-8-7-12(16-13)9-14-3/h7-8,11,14H,5-6,9-10H2,1-4H3. The molecule has 0 radical (unpaired) electrons. The second-order valence-electron chi connectivity index (χ2n) is 4.28. The summed E-state index contributed by atoms with van der Waals surface area (Å²) in [5.41, 5.74) is 0. The van der Waals surface area contributed by atoms with Crippen LogP contribution < -0.4 is 5.32 Å². The second kappa shape index (κ2) is 7.05. The van der Waals surface area contributed by atoms with Gasteiger partial charge in [0.2, 0.25) is 0 Å². The van der Waals surface area contributed by atoms with Crippen LogP contribution in [0.25, 0.3) is 0 Å². The maximum atomic E-state index is 3.19. The third kappa shape index (κ3) is 3.89. The Morgan fingerprint density at radius 1 is 1.25 bits per heavy atom. The van der Waals surface area contributed by atoms with Crippen molar-refractivity contribution in [1.29, 1.82) is 0 Å². The van der Waals surface area contributed by atoms with Crippen LogP contribution in [-0.4, -0.2) is 25.0 Å². The van der Waals surface area contributed by atoms with Gasteiger partial charge < -0.3 is 5.32 Å². The molecular weight excluding hydrogens is 216 g/mol. The third-order valence-electron chi connectivity index (χ3n) is 3.04. The summed E-state index contributed by atoms with van der Waals surface area (Å²) in [7, 11) is 4.23. The first kappa shape index (κ1) is 13.7. The van der Waals surface area contributed by atoms with Gasteiger partial charge in [0.25, 0.3) is 0 Å². The van der Waals surface area contributed by atoms with E-state index < -0.39 is 0 Å². The summed E-state index contributed by atoms with van der Waals surface area (Å²) in [6.07, 6.45) is 2.48. The molecule has 0 atom stereocenters. The van der Waals surface area contributed by atoms with Crippen LogP contribution in [0, 0.1) is 0 Å². The van der Waals surface area contributed by atoms with Crippen molar-refractivity contribution in [3.05, 3.63) is 21.9 Å². The lowest BCUT2D eigenvalue weighted by molar-refractivity contribution is 0.223. The van der Waals surface area contributed by atoms with Gasteiger partial charge in [-0.25, -0.2) is 0 Å². The SMILES string of the molecule is CCC(CC)N(C)Cc1ccc(CNC)s1. The molecule has 0 saturated heterocycles. The molecule has 1 aromatic heterocycles. The fourth-order valence-corrected chi connectivity index (χ4v) is 3.16. The summed E-state index contributed by atoms with van der Waals surface area (Å²) in [5.74, 6) is 0. The molecule has 0 amide bonds. The van der Waals surface area contributed by atoms with Crippen LogP contribution in [-0.2, 0) is 13.1 Å². The Kier molecular flexibility index (Phi) is 6.03. The molecule has 1 heterocycles.